The van der Waals surface area contributed by atoms with E-state index in [4.69, 9.17) is 4.74 Å². The van der Waals surface area contributed by atoms with Gasteiger partial charge in [0.25, 0.3) is 0 Å². The predicted molar refractivity (Wildman–Crippen MR) is 129 cm³/mol. The molecule has 3 nitrogen and oxygen atoms in total. The Morgan fingerprint density at radius 1 is 0.771 bits per heavy atom. The zero-order valence-electron chi connectivity index (χ0n) is 19.1. The summed E-state index contributed by atoms with van der Waals surface area (Å²) < 4.78 is 48.9. The minimum Gasteiger partial charge on any atom is -0.505 e. The first kappa shape index (κ1) is 24.4. The molecule has 4 aromatic carbocycles. The predicted octanol–water partition coefficient (Wildman–Crippen LogP) is 7.56. The zero-order chi connectivity index (χ0) is 24.9. The molecule has 0 aliphatic heterocycles. The highest BCUT2D eigenvalue weighted by atomic mass is 19.2. The Kier molecular flexibility index (Phi) is 7.42. The monoisotopic (exact) mass is 478 g/mol. The first-order valence-electron chi connectivity index (χ1n) is 11.3. The fourth-order valence-corrected chi connectivity index (χ4v) is 3.84. The average Bonchev–Trinajstić information content (AvgIpc) is 2.87. The van der Waals surface area contributed by atoms with Crippen molar-refractivity contribution < 1.29 is 28.1 Å². The van der Waals surface area contributed by atoms with E-state index in [1.807, 2.05) is 6.92 Å². The molecule has 1 unspecified atom stereocenters. The van der Waals surface area contributed by atoms with Crippen molar-refractivity contribution >= 4 is 0 Å². The maximum atomic E-state index is 15.0. The number of hydrogen-bond donors (Lipinski definition) is 2. The number of aliphatic hydroxyl groups excluding tert-OH is 1. The van der Waals surface area contributed by atoms with Crippen LogP contribution in [0.2, 0.25) is 0 Å². The molecule has 6 heteroatoms. The number of ether oxygens (including phenoxy) is 1. The van der Waals surface area contributed by atoms with Gasteiger partial charge in [0.1, 0.15) is 12.4 Å². The second-order valence-electron chi connectivity index (χ2n) is 8.31. The van der Waals surface area contributed by atoms with Gasteiger partial charge in [0, 0.05) is 17.2 Å². The molecule has 0 aromatic heterocycles. The van der Waals surface area contributed by atoms with E-state index in [-0.39, 0.29) is 23.5 Å². The largest absolute Gasteiger partial charge is 0.505 e. The van der Waals surface area contributed by atoms with Gasteiger partial charge in [-0.15, -0.1) is 0 Å². The minimum atomic E-state index is -0.943. The van der Waals surface area contributed by atoms with Crippen LogP contribution in [0, 0.1) is 17.5 Å². The highest BCUT2D eigenvalue weighted by Gasteiger charge is 2.16. The lowest BCUT2D eigenvalue weighted by Gasteiger charge is -2.12. The second-order valence-corrected chi connectivity index (χ2v) is 8.31. The average molecular weight is 479 g/mol. The molecule has 0 heterocycles. The van der Waals surface area contributed by atoms with E-state index < -0.39 is 29.3 Å². The van der Waals surface area contributed by atoms with Crippen molar-refractivity contribution in [1.82, 2.24) is 0 Å². The van der Waals surface area contributed by atoms with Gasteiger partial charge in [0.05, 0.1) is 6.10 Å². The molecule has 0 aliphatic rings. The van der Waals surface area contributed by atoms with E-state index in [0.717, 1.165) is 23.6 Å². The van der Waals surface area contributed by atoms with E-state index in [1.54, 1.807) is 54.6 Å². The SMILES string of the molecule is CCCC(O)c1ccc(-c2ccc(-c3ccc(COc4ccc(O)c(F)c4)cc3)c(F)c2F)cc1. The van der Waals surface area contributed by atoms with E-state index in [1.165, 1.54) is 18.2 Å². The van der Waals surface area contributed by atoms with Gasteiger partial charge >= 0.3 is 0 Å². The van der Waals surface area contributed by atoms with Crippen molar-refractivity contribution in [2.75, 3.05) is 0 Å². The van der Waals surface area contributed by atoms with Gasteiger partial charge in [-0.3, -0.25) is 0 Å². The first-order chi connectivity index (χ1) is 16.9. The number of benzene rings is 4. The van der Waals surface area contributed by atoms with Crippen molar-refractivity contribution in [2.24, 2.45) is 0 Å². The molecule has 2 N–H and O–H groups in total. The Bertz CT molecular complexity index is 1300. The summed E-state index contributed by atoms with van der Waals surface area (Å²) in [6.07, 6.45) is 0.905. The molecular weight excluding hydrogens is 453 g/mol. The number of phenols is 1. The number of hydrogen-bond acceptors (Lipinski definition) is 3. The number of rotatable bonds is 8. The quantitative estimate of drug-likeness (QED) is 0.275. The standard InChI is InChI=1S/C29H25F3O3/c1-2-3-26(33)21-10-8-20(9-11-21)24-14-13-23(28(31)29(24)32)19-6-4-18(5-7-19)17-35-22-12-15-27(34)25(30)16-22/h4-16,26,33-34H,2-3,17H2,1H3. The van der Waals surface area contributed by atoms with Gasteiger partial charge < -0.3 is 14.9 Å². The maximum Gasteiger partial charge on any atom is 0.168 e. The zero-order valence-corrected chi connectivity index (χ0v) is 19.1. The Balaban J connectivity index is 1.49. The van der Waals surface area contributed by atoms with E-state index in [0.29, 0.717) is 17.5 Å². The third-order valence-corrected chi connectivity index (χ3v) is 5.84. The van der Waals surface area contributed by atoms with Crippen molar-refractivity contribution in [3.63, 3.8) is 0 Å². The third-order valence-electron chi connectivity index (χ3n) is 5.84. The number of phenolic OH excluding ortho intramolecular Hbond substituents is 1. The highest BCUT2D eigenvalue weighted by molar-refractivity contribution is 5.72. The Hall–Kier alpha value is -3.77. The van der Waals surface area contributed by atoms with Gasteiger partial charge in [-0.2, -0.15) is 0 Å². The lowest BCUT2D eigenvalue weighted by atomic mass is 9.96. The van der Waals surface area contributed by atoms with Crippen LogP contribution in [0.25, 0.3) is 22.3 Å². The molecule has 35 heavy (non-hydrogen) atoms. The molecule has 180 valence electrons. The van der Waals surface area contributed by atoms with Crippen LogP contribution >= 0.6 is 0 Å². The number of aliphatic hydroxyl groups is 1. The first-order valence-corrected chi connectivity index (χ1v) is 11.3. The van der Waals surface area contributed by atoms with Gasteiger partial charge in [0.15, 0.2) is 23.2 Å². The van der Waals surface area contributed by atoms with Crippen LogP contribution in [0.3, 0.4) is 0 Å². The van der Waals surface area contributed by atoms with Crippen LogP contribution < -0.4 is 4.74 Å². The van der Waals surface area contributed by atoms with Gasteiger partial charge in [-0.25, -0.2) is 13.2 Å². The van der Waals surface area contributed by atoms with Crippen molar-refractivity contribution in [3.05, 3.63) is 107 Å². The van der Waals surface area contributed by atoms with Crippen molar-refractivity contribution in [3.8, 4) is 33.8 Å². The lowest BCUT2D eigenvalue weighted by Crippen LogP contribution is -1.98. The van der Waals surface area contributed by atoms with Crippen LogP contribution in [0.1, 0.15) is 37.0 Å². The summed E-state index contributed by atoms with van der Waals surface area (Å²) in [4.78, 5) is 0. The third kappa shape index (κ3) is 5.49. The van der Waals surface area contributed by atoms with Crippen molar-refractivity contribution in [2.45, 2.75) is 32.5 Å². The summed E-state index contributed by atoms with van der Waals surface area (Å²) >= 11 is 0. The molecule has 0 saturated heterocycles. The molecule has 4 aromatic rings. The molecule has 0 fully saturated rings. The molecule has 0 spiro atoms. The van der Waals surface area contributed by atoms with Crippen LogP contribution in [-0.2, 0) is 6.61 Å². The van der Waals surface area contributed by atoms with Gasteiger partial charge in [-0.05, 0) is 40.8 Å². The smallest absolute Gasteiger partial charge is 0.168 e. The van der Waals surface area contributed by atoms with E-state index in [9.17, 15) is 23.4 Å². The van der Waals surface area contributed by atoms with E-state index >= 15 is 0 Å². The van der Waals surface area contributed by atoms with Gasteiger partial charge in [-0.1, -0.05) is 74.0 Å². The Morgan fingerprint density at radius 3 is 1.89 bits per heavy atom. The molecule has 0 bridgehead atoms. The summed E-state index contributed by atoms with van der Waals surface area (Å²) in [5.74, 6) is -2.85. The maximum absolute atomic E-state index is 15.0. The van der Waals surface area contributed by atoms with E-state index in [2.05, 4.69) is 0 Å². The van der Waals surface area contributed by atoms with Gasteiger partial charge in [0.2, 0.25) is 0 Å². The summed E-state index contributed by atoms with van der Waals surface area (Å²) in [6, 6.07) is 20.4. The summed E-state index contributed by atoms with van der Waals surface area (Å²) in [7, 11) is 0. The number of aromatic hydroxyl groups is 1. The van der Waals surface area contributed by atoms with Crippen LogP contribution in [-0.4, -0.2) is 10.2 Å². The summed E-state index contributed by atoms with van der Waals surface area (Å²) in [5.41, 5.74) is 2.81. The highest BCUT2D eigenvalue weighted by Crippen LogP contribution is 2.32. The molecule has 0 amide bonds. The molecule has 0 saturated carbocycles. The molecule has 0 radical (unpaired) electrons. The molecular formula is C29H25F3O3. The summed E-state index contributed by atoms with van der Waals surface area (Å²) in [5, 5.41) is 19.4. The lowest BCUT2D eigenvalue weighted by molar-refractivity contribution is 0.166. The number of halogens is 3. The summed E-state index contributed by atoms with van der Waals surface area (Å²) in [6.45, 7) is 2.13. The second kappa shape index (κ2) is 10.7. The van der Waals surface area contributed by atoms with Crippen LogP contribution in [0.15, 0.2) is 78.9 Å². The topological polar surface area (TPSA) is 49.7 Å². The minimum absolute atomic E-state index is 0.134. The molecule has 0 aliphatic carbocycles. The Morgan fingerprint density at radius 2 is 1.34 bits per heavy atom. The van der Waals surface area contributed by atoms with Crippen molar-refractivity contribution in [1.29, 1.82) is 0 Å². The fourth-order valence-electron chi connectivity index (χ4n) is 3.84. The molecule has 4 rings (SSSR count). The van der Waals surface area contributed by atoms with Crippen LogP contribution in [0.4, 0.5) is 13.2 Å². The fraction of sp³-hybridized carbons (Fsp3) is 0.172. The normalized spacial score (nSPS) is 11.9. The Labute approximate surface area is 202 Å². The molecule has 1 atom stereocenters. The van der Waals surface area contributed by atoms with Crippen LogP contribution in [0.5, 0.6) is 11.5 Å².